The molecule has 1 unspecified atom stereocenters. The lowest BCUT2D eigenvalue weighted by atomic mass is 10.1. The third kappa shape index (κ3) is 7.41. The second kappa shape index (κ2) is 13.9. The number of benzene rings is 4. The molecule has 8 heteroatoms. The zero-order chi connectivity index (χ0) is 32.0. The van der Waals surface area contributed by atoms with Crippen molar-refractivity contribution >= 4 is 34.2 Å². The van der Waals surface area contributed by atoms with E-state index in [2.05, 4.69) is 62.8 Å². The van der Waals surface area contributed by atoms with Crippen LogP contribution in [-0.2, 0) is 6.42 Å². The van der Waals surface area contributed by atoms with Gasteiger partial charge in [-0.1, -0.05) is 18.2 Å². The Labute approximate surface area is 270 Å². The van der Waals surface area contributed by atoms with E-state index >= 15 is 0 Å². The largest absolute Gasteiger partial charge is 0.457 e. The van der Waals surface area contributed by atoms with Crippen molar-refractivity contribution in [1.82, 2.24) is 14.8 Å². The van der Waals surface area contributed by atoms with Crippen LogP contribution in [0.3, 0.4) is 0 Å². The van der Waals surface area contributed by atoms with Crippen LogP contribution in [0, 0.1) is 0 Å². The Bertz CT molecular complexity index is 1790. The fourth-order valence-corrected chi connectivity index (χ4v) is 6.01. The molecule has 1 aromatic heterocycles. The molecule has 2 heterocycles. The zero-order valence-electron chi connectivity index (χ0n) is 26.6. The predicted octanol–water partition coefficient (Wildman–Crippen LogP) is 8.23. The molecule has 0 spiro atoms. The number of para-hydroxylation sites is 1. The van der Waals surface area contributed by atoms with Gasteiger partial charge in [-0.25, -0.2) is 4.79 Å². The summed E-state index contributed by atoms with van der Waals surface area (Å²) in [5.41, 5.74) is 5.48. The maximum absolute atomic E-state index is 13.1. The van der Waals surface area contributed by atoms with Gasteiger partial charge in [-0.05, 0) is 138 Å². The number of hydrogen-bond acceptors (Lipinski definition) is 4. The van der Waals surface area contributed by atoms with Crippen molar-refractivity contribution in [2.75, 3.05) is 23.7 Å². The number of nitrogens with one attached hydrogen (secondary N) is 3. The van der Waals surface area contributed by atoms with E-state index in [4.69, 9.17) is 4.74 Å². The number of anilines is 2. The molecule has 1 fully saturated rings. The highest BCUT2D eigenvalue weighted by Gasteiger charge is 2.20. The number of carbonyl (C=O) groups is 2. The van der Waals surface area contributed by atoms with Crippen LogP contribution in [0.1, 0.15) is 49.5 Å². The van der Waals surface area contributed by atoms with Gasteiger partial charge in [-0.2, -0.15) is 0 Å². The highest BCUT2D eigenvalue weighted by atomic mass is 16.5. The minimum Gasteiger partial charge on any atom is -0.457 e. The van der Waals surface area contributed by atoms with E-state index < -0.39 is 0 Å². The summed E-state index contributed by atoms with van der Waals surface area (Å²) >= 11 is 0. The Kier molecular flexibility index (Phi) is 9.36. The number of rotatable bonds is 10. The molecule has 1 saturated heterocycles. The van der Waals surface area contributed by atoms with Crippen molar-refractivity contribution in [2.45, 2.75) is 52.1 Å². The van der Waals surface area contributed by atoms with E-state index in [1.54, 1.807) is 36.4 Å². The van der Waals surface area contributed by atoms with Crippen LogP contribution in [-0.4, -0.2) is 46.6 Å². The van der Waals surface area contributed by atoms with Gasteiger partial charge in [0.1, 0.15) is 11.5 Å². The Morgan fingerprint density at radius 3 is 2.00 bits per heavy atom. The van der Waals surface area contributed by atoms with Crippen LogP contribution >= 0.6 is 0 Å². The highest BCUT2D eigenvalue weighted by Crippen LogP contribution is 2.28. The van der Waals surface area contributed by atoms with Crippen LogP contribution in [0.4, 0.5) is 16.2 Å². The van der Waals surface area contributed by atoms with Gasteiger partial charge >= 0.3 is 6.03 Å². The molecule has 1 aliphatic heterocycles. The maximum Gasteiger partial charge on any atom is 0.319 e. The number of amides is 3. The van der Waals surface area contributed by atoms with E-state index in [1.807, 2.05) is 50.2 Å². The quantitative estimate of drug-likeness (QED) is 0.148. The number of fused-ring (bicyclic) bond motifs is 1. The van der Waals surface area contributed by atoms with E-state index in [0.717, 1.165) is 12.1 Å². The lowest BCUT2D eigenvalue weighted by Gasteiger charge is -2.23. The fraction of sp³-hybridized carbons (Fsp3) is 0.263. The smallest absolute Gasteiger partial charge is 0.319 e. The van der Waals surface area contributed by atoms with Crippen molar-refractivity contribution < 1.29 is 14.3 Å². The average molecular weight is 616 g/mol. The lowest BCUT2D eigenvalue weighted by molar-refractivity contribution is 0.102. The number of ether oxygens (including phenoxy) is 1. The van der Waals surface area contributed by atoms with Crippen LogP contribution in [0.15, 0.2) is 103 Å². The summed E-state index contributed by atoms with van der Waals surface area (Å²) < 4.78 is 8.17. The van der Waals surface area contributed by atoms with Gasteiger partial charge in [0.2, 0.25) is 0 Å². The van der Waals surface area contributed by atoms with E-state index in [9.17, 15) is 9.59 Å². The minimum absolute atomic E-state index is 0.0548. The van der Waals surface area contributed by atoms with E-state index in [-0.39, 0.29) is 18.0 Å². The summed E-state index contributed by atoms with van der Waals surface area (Å²) in [5, 5.41) is 9.84. The minimum atomic E-state index is -0.251. The van der Waals surface area contributed by atoms with Gasteiger partial charge in [0.05, 0.1) is 5.52 Å². The van der Waals surface area contributed by atoms with Gasteiger partial charge in [0.25, 0.3) is 5.91 Å². The van der Waals surface area contributed by atoms with Gasteiger partial charge < -0.3 is 30.2 Å². The van der Waals surface area contributed by atoms with Crippen molar-refractivity contribution in [2.24, 2.45) is 0 Å². The molecule has 3 N–H and O–H groups in total. The van der Waals surface area contributed by atoms with Crippen LogP contribution in [0.25, 0.3) is 16.6 Å². The van der Waals surface area contributed by atoms with Crippen LogP contribution in [0.2, 0.25) is 0 Å². The molecule has 0 saturated carbocycles. The molecule has 236 valence electrons. The predicted molar refractivity (Wildman–Crippen MR) is 185 cm³/mol. The van der Waals surface area contributed by atoms with Crippen molar-refractivity contribution in [1.29, 1.82) is 0 Å². The standard InChI is InChI=1S/C38H41N5O3/c1-26(2)39-38(45)41-31-14-20-34(21-15-31)46-33-18-12-30(13-19-33)40-37(44)28-10-16-32(17-11-28)43-25-29(35-8-4-5-9-36(35)43)24-27(3)42-22-6-7-23-42/h4-5,8-21,25-27H,6-7,22-24H2,1-3H3,(H,40,44)(H2,39,41,45). The Balaban J connectivity index is 1.07. The monoisotopic (exact) mass is 615 g/mol. The van der Waals surface area contributed by atoms with Crippen LogP contribution in [0.5, 0.6) is 11.5 Å². The van der Waals surface area contributed by atoms with Gasteiger partial charge in [0, 0.05) is 46.3 Å². The fourth-order valence-electron chi connectivity index (χ4n) is 6.01. The molecule has 0 aliphatic carbocycles. The summed E-state index contributed by atoms with van der Waals surface area (Å²) in [4.78, 5) is 27.6. The first-order valence-electron chi connectivity index (χ1n) is 16.0. The summed E-state index contributed by atoms with van der Waals surface area (Å²) in [6.07, 6.45) is 5.86. The molecule has 46 heavy (non-hydrogen) atoms. The molecule has 5 aromatic rings. The van der Waals surface area contributed by atoms with Crippen molar-refractivity contribution in [3.05, 3.63) is 114 Å². The van der Waals surface area contributed by atoms with Gasteiger partial charge in [0.15, 0.2) is 0 Å². The molecule has 1 atom stereocenters. The summed E-state index contributed by atoms with van der Waals surface area (Å²) in [5.74, 6) is 1.09. The molecule has 4 aromatic carbocycles. The molecule has 8 nitrogen and oxygen atoms in total. The molecular weight excluding hydrogens is 574 g/mol. The molecule has 0 radical (unpaired) electrons. The number of hydrogen-bond donors (Lipinski definition) is 3. The SMILES string of the molecule is CC(C)NC(=O)Nc1ccc(Oc2ccc(NC(=O)c3ccc(-n4cc(CC(C)N5CCCC5)c5ccccc54)cc3)cc2)cc1. The summed E-state index contributed by atoms with van der Waals surface area (Å²) in [6.45, 7) is 8.52. The number of carbonyl (C=O) groups excluding carboxylic acids is 2. The van der Waals surface area contributed by atoms with Gasteiger partial charge in [-0.3, -0.25) is 4.79 Å². The molecule has 3 amide bonds. The van der Waals surface area contributed by atoms with Crippen LogP contribution < -0.4 is 20.7 Å². The Hall–Kier alpha value is -5.08. The first-order valence-corrected chi connectivity index (χ1v) is 16.0. The Morgan fingerprint density at radius 2 is 1.37 bits per heavy atom. The maximum atomic E-state index is 13.1. The second-order valence-corrected chi connectivity index (χ2v) is 12.2. The summed E-state index contributed by atoms with van der Waals surface area (Å²) in [7, 11) is 0. The molecule has 6 rings (SSSR count). The van der Waals surface area contributed by atoms with Gasteiger partial charge in [-0.15, -0.1) is 0 Å². The van der Waals surface area contributed by atoms with E-state index in [0.29, 0.717) is 34.5 Å². The highest BCUT2D eigenvalue weighted by molar-refractivity contribution is 6.04. The molecule has 0 bridgehead atoms. The molecule has 1 aliphatic rings. The second-order valence-electron chi connectivity index (χ2n) is 12.2. The number of aromatic nitrogens is 1. The third-order valence-corrected chi connectivity index (χ3v) is 8.36. The molecular formula is C38H41N5O3. The van der Waals surface area contributed by atoms with Crippen molar-refractivity contribution in [3.63, 3.8) is 0 Å². The first kappa shape index (κ1) is 30.9. The van der Waals surface area contributed by atoms with Crippen molar-refractivity contribution in [3.8, 4) is 17.2 Å². The topological polar surface area (TPSA) is 87.6 Å². The number of nitrogens with zero attached hydrogens (tertiary/aromatic N) is 2. The summed E-state index contributed by atoms with van der Waals surface area (Å²) in [6, 6.07) is 31.0. The van der Waals surface area contributed by atoms with E-state index in [1.165, 1.54) is 42.4 Å². The average Bonchev–Trinajstić information content (AvgIpc) is 3.72. The number of urea groups is 1. The number of likely N-dealkylation sites (tertiary alicyclic amines) is 1. The third-order valence-electron chi connectivity index (χ3n) is 8.36. The lowest BCUT2D eigenvalue weighted by Crippen LogP contribution is -2.34. The first-order chi connectivity index (χ1) is 22.3. The zero-order valence-corrected chi connectivity index (χ0v) is 26.6. The normalized spacial score (nSPS) is 13.9. The Morgan fingerprint density at radius 1 is 0.761 bits per heavy atom.